The quantitative estimate of drug-likeness (QED) is 0.445. The zero-order valence-electron chi connectivity index (χ0n) is 16.1. The predicted molar refractivity (Wildman–Crippen MR) is 118 cm³/mol. The summed E-state index contributed by atoms with van der Waals surface area (Å²) in [6.07, 6.45) is 2.61. The minimum atomic E-state index is 0.232. The second-order valence-electron chi connectivity index (χ2n) is 6.92. The molecule has 0 saturated heterocycles. The van der Waals surface area contributed by atoms with Crippen LogP contribution < -0.4 is 15.2 Å². The van der Waals surface area contributed by atoms with Gasteiger partial charge in [-0.15, -0.1) is 0 Å². The maximum absolute atomic E-state index is 6.08. The Morgan fingerprint density at radius 3 is 2.80 bits per heavy atom. The number of fused-ring (bicyclic) bond motifs is 2. The Morgan fingerprint density at radius 2 is 1.97 bits per heavy atom. The Bertz CT molecular complexity index is 1210. The van der Waals surface area contributed by atoms with E-state index in [9.17, 15) is 0 Å². The first-order valence-corrected chi connectivity index (χ1v) is 11.0. The van der Waals surface area contributed by atoms with E-state index >= 15 is 0 Å². The number of hydrogen-bond donors (Lipinski definition) is 1. The number of aromatic nitrogens is 4. The number of nitrogen functional groups attached to an aromatic ring is 1. The molecule has 3 aliphatic heterocycles. The number of nitrogens with zero attached hydrogens (tertiary/aromatic N) is 4. The number of benzene rings is 2. The Hall–Kier alpha value is -2.78. The fourth-order valence-corrected chi connectivity index (χ4v) is 4.70. The molecule has 3 aliphatic rings. The molecule has 2 aromatic rings. The number of hydrogen-bond acceptors (Lipinski definition) is 7. The average molecular weight is 484 g/mol. The van der Waals surface area contributed by atoms with Crippen molar-refractivity contribution in [2.45, 2.75) is 29.9 Å². The minimum absolute atomic E-state index is 0.232. The Balaban J connectivity index is 1.44. The number of aryl methyl sites for hydroxylation is 3. The molecule has 9 heteroatoms. The second-order valence-corrected chi connectivity index (χ2v) is 8.78. The van der Waals surface area contributed by atoms with Gasteiger partial charge in [-0.05, 0) is 64.3 Å². The first-order valence-electron chi connectivity index (χ1n) is 9.38. The lowest BCUT2D eigenvalue weighted by Gasteiger charge is -2.12. The van der Waals surface area contributed by atoms with Crippen LogP contribution in [0.1, 0.15) is 11.1 Å². The number of halogens is 1. The van der Waals surface area contributed by atoms with Crippen molar-refractivity contribution >= 4 is 33.5 Å². The number of ether oxygens (including phenoxy) is 2. The summed E-state index contributed by atoms with van der Waals surface area (Å²) in [5.41, 5.74) is 9.27. The van der Waals surface area contributed by atoms with Gasteiger partial charge < -0.3 is 19.8 Å². The summed E-state index contributed by atoms with van der Waals surface area (Å²) < 4.78 is 13.8. The molecule has 5 rings (SSSR count). The first-order chi connectivity index (χ1) is 14.6. The van der Waals surface area contributed by atoms with E-state index < -0.39 is 0 Å². The smallest absolute Gasteiger partial charge is 0.231 e. The van der Waals surface area contributed by atoms with Gasteiger partial charge in [-0.2, -0.15) is 0 Å². The van der Waals surface area contributed by atoms with Gasteiger partial charge in [0, 0.05) is 15.9 Å². The third-order valence-corrected chi connectivity index (χ3v) is 6.82. The Kier molecular flexibility index (Phi) is 5.00. The first kappa shape index (κ1) is 19.2. The molecule has 152 valence electrons. The lowest BCUT2D eigenvalue weighted by Crippen LogP contribution is -2.10. The molecule has 0 bridgehead atoms. The number of nitrogens with two attached hydrogens (primary N) is 1. The topological polar surface area (TPSA) is 88.1 Å². The third kappa shape index (κ3) is 3.59. The van der Waals surface area contributed by atoms with Crippen molar-refractivity contribution < 1.29 is 9.47 Å². The molecule has 0 radical (unpaired) electrons. The van der Waals surface area contributed by atoms with Gasteiger partial charge in [-0.25, -0.2) is 15.0 Å². The number of rotatable bonds is 5. The largest absolute Gasteiger partial charge is 0.454 e. The van der Waals surface area contributed by atoms with E-state index in [1.54, 1.807) is 6.33 Å². The molecule has 0 spiro atoms. The van der Waals surface area contributed by atoms with Gasteiger partial charge in [0.1, 0.15) is 0 Å². The van der Waals surface area contributed by atoms with E-state index in [1.165, 1.54) is 22.9 Å². The summed E-state index contributed by atoms with van der Waals surface area (Å²) in [4.78, 5) is 14.6. The molecule has 0 aliphatic carbocycles. The van der Waals surface area contributed by atoms with Crippen LogP contribution in [0.5, 0.6) is 11.5 Å². The summed E-state index contributed by atoms with van der Waals surface area (Å²) in [5, 5.41) is 0.605. The highest BCUT2D eigenvalue weighted by Crippen LogP contribution is 2.43. The Morgan fingerprint density at radius 1 is 1.17 bits per heavy atom. The standard InChI is InChI=1S/C21H18BrN5O2S/c1-12-4-2-3-5-13(12)6-7-27-10-24-19(23)18-20(27)26-21(25-18)30-17-9-16-15(8-14(17)22)28-11-29-16/h2-5,8-10H,6-7,11,23H2,1H3. The molecule has 0 amide bonds. The van der Waals surface area contributed by atoms with Crippen LogP contribution >= 0.6 is 27.7 Å². The van der Waals surface area contributed by atoms with Gasteiger partial charge in [-0.3, -0.25) is 0 Å². The Labute approximate surface area is 186 Å². The highest BCUT2D eigenvalue weighted by Gasteiger charge is 2.22. The van der Waals surface area contributed by atoms with E-state index in [-0.39, 0.29) is 6.79 Å². The van der Waals surface area contributed by atoms with Gasteiger partial charge >= 0.3 is 0 Å². The lowest BCUT2D eigenvalue weighted by molar-refractivity contribution is 0.174. The van der Waals surface area contributed by atoms with Gasteiger partial charge in [-0.1, -0.05) is 24.3 Å². The van der Waals surface area contributed by atoms with Crippen LogP contribution in [0.15, 0.2) is 57.3 Å². The SMILES string of the molecule is Cc1ccccc1CCn1cnc(N)c2nc(Sc3cc4c(cc3Br)OCO4)nc1-2. The summed E-state index contributed by atoms with van der Waals surface area (Å²) in [6, 6.07) is 12.2. The van der Waals surface area contributed by atoms with Gasteiger partial charge in [0.15, 0.2) is 34.0 Å². The fraction of sp³-hybridized carbons (Fsp3) is 0.190. The van der Waals surface area contributed by atoms with E-state index in [2.05, 4.69) is 57.1 Å². The molecule has 0 atom stereocenters. The summed E-state index contributed by atoms with van der Waals surface area (Å²) in [5.74, 6) is 2.55. The number of anilines is 1. The van der Waals surface area contributed by atoms with Gasteiger partial charge in [0.05, 0.1) is 6.33 Å². The summed E-state index contributed by atoms with van der Waals surface area (Å²) >= 11 is 5.02. The highest BCUT2D eigenvalue weighted by molar-refractivity contribution is 9.10. The molecule has 0 unspecified atom stereocenters. The zero-order chi connectivity index (χ0) is 20.7. The zero-order valence-corrected chi connectivity index (χ0v) is 18.5. The summed E-state index contributed by atoms with van der Waals surface area (Å²) in [6.45, 7) is 3.10. The average Bonchev–Trinajstić information content (AvgIpc) is 3.36. The molecule has 0 saturated carbocycles. The summed E-state index contributed by atoms with van der Waals surface area (Å²) in [7, 11) is 0. The second kappa shape index (κ2) is 7.81. The van der Waals surface area contributed by atoms with E-state index in [0.29, 0.717) is 22.4 Å². The van der Waals surface area contributed by atoms with Crippen LogP contribution in [0.2, 0.25) is 0 Å². The van der Waals surface area contributed by atoms with Crippen molar-refractivity contribution in [3.05, 3.63) is 58.3 Å². The van der Waals surface area contributed by atoms with Crippen molar-refractivity contribution in [3.63, 3.8) is 0 Å². The van der Waals surface area contributed by atoms with Crippen LogP contribution in [-0.4, -0.2) is 26.3 Å². The normalized spacial score (nSPS) is 12.6. The van der Waals surface area contributed by atoms with Gasteiger partial charge in [0.25, 0.3) is 0 Å². The maximum Gasteiger partial charge on any atom is 0.231 e. The monoisotopic (exact) mass is 483 g/mol. The maximum atomic E-state index is 6.08. The molecule has 0 aromatic heterocycles. The van der Waals surface area contributed by atoms with Crippen LogP contribution in [0.3, 0.4) is 0 Å². The molecule has 7 nitrogen and oxygen atoms in total. The van der Waals surface area contributed by atoms with Crippen LogP contribution in [0, 0.1) is 6.92 Å². The lowest BCUT2D eigenvalue weighted by atomic mass is 10.1. The molecular formula is C21H18BrN5O2S. The van der Waals surface area contributed by atoms with Crippen LogP contribution in [-0.2, 0) is 13.0 Å². The third-order valence-electron chi connectivity index (χ3n) is 4.98. The molecular weight excluding hydrogens is 466 g/mol. The molecule has 3 heterocycles. The van der Waals surface area contributed by atoms with Crippen LogP contribution in [0.4, 0.5) is 5.82 Å². The van der Waals surface area contributed by atoms with Gasteiger partial charge in [0.2, 0.25) is 6.79 Å². The predicted octanol–water partition coefficient (Wildman–Crippen LogP) is 4.55. The molecule has 30 heavy (non-hydrogen) atoms. The van der Waals surface area contributed by atoms with Crippen molar-refractivity contribution in [1.82, 2.24) is 19.5 Å². The number of imidazole rings is 1. The van der Waals surface area contributed by atoms with Crippen molar-refractivity contribution in [2.75, 3.05) is 12.5 Å². The van der Waals surface area contributed by atoms with E-state index in [1.807, 2.05) is 16.7 Å². The molecule has 0 fully saturated rings. The van der Waals surface area contributed by atoms with Crippen molar-refractivity contribution in [2.24, 2.45) is 0 Å². The van der Waals surface area contributed by atoms with E-state index in [4.69, 9.17) is 20.2 Å². The van der Waals surface area contributed by atoms with Crippen LogP contribution in [0.25, 0.3) is 11.5 Å². The highest BCUT2D eigenvalue weighted by atomic mass is 79.9. The molecule has 2 N–H and O–H groups in total. The molecule has 2 aromatic carbocycles. The minimum Gasteiger partial charge on any atom is -0.454 e. The van der Waals surface area contributed by atoms with E-state index in [0.717, 1.165) is 33.9 Å². The van der Waals surface area contributed by atoms with Crippen molar-refractivity contribution in [3.8, 4) is 23.0 Å². The van der Waals surface area contributed by atoms with Crippen molar-refractivity contribution in [1.29, 1.82) is 0 Å². The fourth-order valence-electron chi connectivity index (χ4n) is 3.35.